The number of ether oxygens (including phenoxy) is 2. The molecule has 1 amide bonds. The van der Waals surface area contributed by atoms with Gasteiger partial charge in [0.2, 0.25) is 17.6 Å². The topological polar surface area (TPSA) is 89.7 Å². The third-order valence-electron chi connectivity index (χ3n) is 6.42. The second-order valence-electron chi connectivity index (χ2n) is 9.10. The maximum Gasteiger partial charge on any atom is 0.241 e. The van der Waals surface area contributed by atoms with E-state index >= 15 is 0 Å². The minimum absolute atomic E-state index is 0.0205. The first-order valence-electron chi connectivity index (χ1n) is 12.4. The number of piperidine rings is 1. The van der Waals surface area contributed by atoms with E-state index in [0.29, 0.717) is 31.4 Å². The highest BCUT2D eigenvalue weighted by Crippen LogP contribution is 2.24. The number of aromatic nitrogens is 2. The smallest absolute Gasteiger partial charge is 0.241 e. The summed E-state index contributed by atoms with van der Waals surface area (Å²) in [4.78, 5) is 19.7. The van der Waals surface area contributed by atoms with E-state index in [1.807, 2.05) is 78.9 Å². The summed E-state index contributed by atoms with van der Waals surface area (Å²) in [5, 5.41) is 7.16. The van der Waals surface area contributed by atoms with E-state index in [2.05, 4.69) is 20.4 Å². The molecule has 0 bridgehead atoms. The Balaban J connectivity index is 1.12. The van der Waals surface area contributed by atoms with E-state index < -0.39 is 0 Å². The average molecular weight is 499 g/mol. The van der Waals surface area contributed by atoms with Crippen molar-refractivity contribution < 1.29 is 18.8 Å². The van der Waals surface area contributed by atoms with Gasteiger partial charge in [-0.25, -0.2) is 0 Å². The van der Waals surface area contributed by atoms with Gasteiger partial charge < -0.3 is 19.3 Å². The Bertz CT molecular complexity index is 1290. The molecule has 0 aliphatic carbocycles. The van der Waals surface area contributed by atoms with Crippen LogP contribution in [0.5, 0.6) is 11.5 Å². The van der Waals surface area contributed by atoms with E-state index in [9.17, 15) is 4.79 Å². The van der Waals surface area contributed by atoms with Crippen LogP contribution in [0.25, 0.3) is 11.4 Å². The monoisotopic (exact) mass is 498 g/mol. The zero-order chi connectivity index (χ0) is 25.5. The molecule has 1 fully saturated rings. The fourth-order valence-corrected chi connectivity index (χ4v) is 4.40. The molecule has 8 heteroatoms. The molecule has 1 unspecified atom stereocenters. The van der Waals surface area contributed by atoms with Crippen LogP contribution in [0.3, 0.4) is 0 Å². The van der Waals surface area contributed by atoms with Gasteiger partial charge in [-0.3, -0.25) is 9.69 Å². The van der Waals surface area contributed by atoms with E-state index in [-0.39, 0.29) is 11.8 Å². The van der Waals surface area contributed by atoms with Gasteiger partial charge in [-0.2, -0.15) is 4.98 Å². The van der Waals surface area contributed by atoms with Crippen molar-refractivity contribution >= 4 is 11.6 Å². The number of hydrogen-bond donors (Lipinski definition) is 1. The third kappa shape index (κ3) is 6.54. The van der Waals surface area contributed by atoms with Crippen molar-refractivity contribution in [2.45, 2.75) is 26.0 Å². The zero-order valence-electron chi connectivity index (χ0n) is 20.8. The zero-order valence-corrected chi connectivity index (χ0v) is 20.8. The van der Waals surface area contributed by atoms with Crippen LogP contribution < -0.4 is 14.8 Å². The fraction of sp³-hybridized carbons (Fsp3) is 0.276. The van der Waals surface area contributed by atoms with Gasteiger partial charge in [0.1, 0.15) is 18.1 Å². The lowest BCUT2D eigenvalue weighted by molar-refractivity contribution is -0.121. The van der Waals surface area contributed by atoms with Crippen LogP contribution in [0.1, 0.15) is 24.3 Å². The predicted octanol–water partition coefficient (Wildman–Crippen LogP) is 5.17. The molecule has 37 heavy (non-hydrogen) atoms. The van der Waals surface area contributed by atoms with Gasteiger partial charge in [0.25, 0.3) is 0 Å². The van der Waals surface area contributed by atoms with Crippen molar-refractivity contribution in [3.8, 4) is 22.9 Å². The molecule has 1 atom stereocenters. The van der Waals surface area contributed by atoms with Gasteiger partial charge in [-0.05, 0) is 73.5 Å². The van der Waals surface area contributed by atoms with Crippen molar-refractivity contribution in [3.05, 3.63) is 90.3 Å². The maximum atomic E-state index is 13.0. The molecule has 0 radical (unpaired) electrons. The lowest BCUT2D eigenvalue weighted by Gasteiger charge is -2.30. The van der Waals surface area contributed by atoms with Gasteiger partial charge in [-0.1, -0.05) is 35.5 Å². The Morgan fingerprint density at radius 1 is 1.03 bits per heavy atom. The molecule has 1 aliphatic rings. The number of methoxy groups -OCH3 is 1. The number of likely N-dealkylation sites (tertiary alicyclic amines) is 1. The number of amides is 1. The molecule has 1 aromatic heterocycles. The third-order valence-corrected chi connectivity index (χ3v) is 6.42. The molecule has 1 aliphatic heterocycles. The Morgan fingerprint density at radius 2 is 1.78 bits per heavy atom. The van der Waals surface area contributed by atoms with Gasteiger partial charge in [0.15, 0.2) is 0 Å². The minimum Gasteiger partial charge on any atom is -0.497 e. The van der Waals surface area contributed by atoms with E-state index in [1.165, 1.54) is 0 Å². The number of carbonyl (C=O) groups is 1. The van der Waals surface area contributed by atoms with Crippen LogP contribution in [0.2, 0.25) is 0 Å². The highest BCUT2D eigenvalue weighted by atomic mass is 16.5. The number of anilines is 1. The summed E-state index contributed by atoms with van der Waals surface area (Å²) in [5.74, 6) is 2.54. The summed E-state index contributed by atoms with van der Waals surface area (Å²) >= 11 is 0. The molecular weight excluding hydrogens is 468 g/mol. The van der Waals surface area contributed by atoms with Crippen LogP contribution in [0.15, 0.2) is 83.4 Å². The predicted molar refractivity (Wildman–Crippen MR) is 140 cm³/mol. The fourth-order valence-electron chi connectivity index (χ4n) is 4.40. The summed E-state index contributed by atoms with van der Waals surface area (Å²) in [7, 11) is 1.63. The summed E-state index contributed by atoms with van der Waals surface area (Å²) in [6.07, 6.45) is 1.78. The molecule has 1 saturated heterocycles. The highest BCUT2D eigenvalue weighted by Gasteiger charge is 2.27. The van der Waals surface area contributed by atoms with Gasteiger partial charge >= 0.3 is 0 Å². The summed E-state index contributed by atoms with van der Waals surface area (Å²) in [6, 6.07) is 25.1. The van der Waals surface area contributed by atoms with Crippen molar-refractivity contribution in [2.24, 2.45) is 5.92 Å². The first kappa shape index (κ1) is 24.5. The highest BCUT2D eigenvalue weighted by molar-refractivity contribution is 5.92. The van der Waals surface area contributed by atoms with Crippen LogP contribution in [-0.4, -0.2) is 41.1 Å². The van der Waals surface area contributed by atoms with Gasteiger partial charge in [0.05, 0.1) is 19.6 Å². The maximum absolute atomic E-state index is 13.0. The second kappa shape index (κ2) is 11.7. The Morgan fingerprint density at radius 3 is 2.54 bits per heavy atom. The quantitative estimate of drug-likeness (QED) is 0.340. The largest absolute Gasteiger partial charge is 0.497 e. The summed E-state index contributed by atoms with van der Waals surface area (Å²) in [5.41, 5.74) is 2.73. The normalized spacial score (nSPS) is 15.8. The average Bonchev–Trinajstić information content (AvgIpc) is 3.42. The Hall–Kier alpha value is -4.17. The van der Waals surface area contributed by atoms with Gasteiger partial charge in [-0.15, -0.1) is 0 Å². The molecule has 2 heterocycles. The summed E-state index contributed by atoms with van der Waals surface area (Å²) in [6.45, 7) is 2.55. The molecule has 8 nitrogen and oxygen atoms in total. The Labute approximate surface area is 216 Å². The Kier molecular flexibility index (Phi) is 7.76. The van der Waals surface area contributed by atoms with Crippen LogP contribution in [-0.2, 0) is 17.9 Å². The number of hydrogen-bond acceptors (Lipinski definition) is 7. The van der Waals surface area contributed by atoms with Crippen LogP contribution in [0.4, 0.5) is 5.69 Å². The lowest BCUT2D eigenvalue weighted by Crippen LogP contribution is -2.40. The molecular formula is C29H30N4O4. The molecule has 0 spiro atoms. The number of rotatable bonds is 9. The number of nitrogens with one attached hydrogen (secondary N) is 1. The molecule has 1 N–H and O–H groups in total. The standard InChI is InChI=1S/C29H30N4O4/c1-35-25-13-9-22(10-14-25)28-31-27(37-32-28)19-33-17-5-8-23(18-33)29(34)30-24-11-15-26(16-12-24)36-20-21-6-3-2-4-7-21/h2-4,6-7,9-16,23H,5,8,17-20H2,1H3,(H,30,34). The lowest BCUT2D eigenvalue weighted by atomic mass is 9.97. The van der Waals surface area contributed by atoms with Crippen LogP contribution in [0, 0.1) is 5.92 Å². The van der Waals surface area contributed by atoms with Crippen molar-refractivity contribution in [1.29, 1.82) is 0 Å². The first-order valence-corrected chi connectivity index (χ1v) is 12.4. The second-order valence-corrected chi connectivity index (χ2v) is 9.10. The SMILES string of the molecule is COc1ccc(-c2noc(CN3CCCC(C(=O)Nc4ccc(OCc5ccccc5)cc4)C3)n2)cc1. The van der Waals surface area contributed by atoms with E-state index in [0.717, 1.165) is 47.7 Å². The van der Waals surface area contributed by atoms with Gasteiger partial charge in [0, 0.05) is 17.8 Å². The first-order chi connectivity index (χ1) is 18.2. The number of benzene rings is 3. The minimum atomic E-state index is -0.105. The van der Waals surface area contributed by atoms with Crippen molar-refractivity contribution in [2.75, 3.05) is 25.5 Å². The number of nitrogens with zero attached hydrogens (tertiary/aromatic N) is 3. The molecule has 0 saturated carbocycles. The number of carbonyl (C=O) groups excluding carboxylic acids is 1. The van der Waals surface area contributed by atoms with E-state index in [4.69, 9.17) is 14.0 Å². The van der Waals surface area contributed by atoms with Crippen molar-refractivity contribution in [3.63, 3.8) is 0 Å². The molecule has 3 aromatic carbocycles. The van der Waals surface area contributed by atoms with E-state index in [1.54, 1.807) is 7.11 Å². The van der Waals surface area contributed by atoms with Crippen LogP contribution >= 0.6 is 0 Å². The molecule has 190 valence electrons. The molecule has 4 aromatic rings. The molecule has 5 rings (SSSR count). The van der Waals surface area contributed by atoms with Crippen molar-refractivity contribution in [1.82, 2.24) is 15.0 Å². The summed E-state index contributed by atoms with van der Waals surface area (Å²) < 4.78 is 16.5.